The van der Waals surface area contributed by atoms with E-state index in [1.807, 2.05) is 0 Å². The van der Waals surface area contributed by atoms with Crippen LogP contribution < -0.4 is 0 Å². The third-order valence-electron chi connectivity index (χ3n) is 13.3. The first-order valence-corrected chi connectivity index (χ1v) is 14.5. The molecule has 8 aliphatic rings. The molecule has 11 atom stereocenters. The maximum atomic E-state index is 12.2. The number of carbonyl (C=O) groups excluding carboxylic acids is 1. The average molecular weight is 468 g/mol. The zero-order chi connectivity index (χ0) is 23.7. The van der Waals surface area contributed by atoms with Gasteiger partial charge >= 0.3 is 0 Å². The van der Waals surface area contributed by atoms with Gasteiger partial charge < -0.3 is 9.84 Å². The van der Waals surface area contributed by atoms with Crippen molar-refractivity contribution in [2.45, 2.75) is 103 Å². The number of ether oxygens (including phenoxy) is 1. The first-order valence-electron chi connectivity index (χ1n) is 14.5. The lowest BCUT2D eigenvalue weighted by atomic mass is 9.33. The Hall–Kier alpha value is -0.710. The molecule has 0 amide bonds. The minimum atomic E-state index is 0.00210. The van der Waals surface area contributed by atoms with Gasteiger partial charge in [0.25, 0.3) is 0 Å². The number of ketones is 1. The van der Waals surface area contributed by atoms with Crippen LogP contribution in [0.3, 0.4) is 0 Å². The highest BCUT2D eigenvalue weighted by molar-refractivity contribution is 5.91. The maximum Gasteiger partial charge on any atom is 0.155 e. The van der Waals surface area contributed by atoms with Crippen molar-refractivity contribution in [3.05, 3.63) is 11.6 Å². The third kappa shape index (κ3) is 2.45. The minimum Gasteiger partial charge on any atom is -0.395 e. The van der Waals surface area contributed by atoms with Crippen molar-refractivity contribution in [2.24, 2.45) is 45.8 Å². The lowest BCUT2D eigenvalue weighted by Crippen LogP contribution is -2.71. The number of β-amino-alcohol motifs (C(OH)–C–C–N with tert-alkyl or cyclic N) is 1. The van der Waals surface area contributed by atoms with Gasteiger partial charge in [0, 0.05) is 36.9 Å². The summed E-state index contributed by atoms with van der Waals surface area (Å²) in [5, 5.41) is 9.79. The number of piperidine rings is 1. The summed E-state index contributed by atoms with van der Waals surface area (Å²) in [4.78, 5) is 14.8. The molecule has 2 spiro atoms. The fourth-order valence-electron chi connectivity index (χ4n) is 12.1. The molecule has 34 heavy (non-hydrogen) atoms. The second-order valence-electron chi connectivity index (χ2n) is 14.3. The van der Waals surface area contributed by atoms with Gasteiger partial charge in [0.15, 0.2) is 5.78 Å². The van der Waals surface area contributed by atoms with Crippen LogP contribution in [-0.2, 0) is 9.53 Å². The van der Waals surface area contributed by atoms with Crippen molar-refractivity contribution in [1.82, 2.24) is 4.90 Å². The molecule has 8 rings (SSSR count). The summed E-state index contributed by atoms with van der Waals surface area (Å²) >= 11 is 0. The number of allylic oxidation sites excluding steroid dienone is 2. The van der Waals surface area contributed by atoms with Crippen LogP contribution in [0.5, 0.6) is 0 Å². The Morgan fingerprint density at radius 3 is 2.74 bits per heavy atom. The largest absolute Gasteiger partial charge is 0.395 e. The van der Waals surface area contributed by atoms with Gasteiger partial charge in [-0.05, 0) is 91.9 Å². The summed E-state index contributed by atoms with van der Waals surface area (Å²) in [6.45, 7) is 12.1. The number of fused-ring (bicyclic) bond motifs is 5. The van der Waals surface area contributed by atoms with E-state index in [2.05, 4.69) is 38.7 Å². The molecule has 3 unspecified atom stereocenters. The second kappa shape index (κ2) is 6.98. The second-order valence-corrected chi connectivity index (χ2v) is 14.3. The van der Waals surface area contributed by atoms with Gasteiger partial charge in [0.05, 0.1) is 18.3 Å². The van der Waals surface area contributed by atoms with Crippen LogP contribution in [0, 0.1) is 45.8 Å². The molecular formula is C30H45NO3. The summed E-state index contributed by atoms with van der Waals surface area (Å²) in [5.74, 6) is 3.92. The van der Waals surface area contributed by atoms with E-state index in [0.29, 0.717) is 35.2 Å². The lowest BCUT2D eigenvalue weighted by molar-refractivity contribution is -0.294. The number of rotatable bonds is 2. The first-order chi connectivity index (χ1) is 16.2. The highest BCUT2D eigenvalue weighted by atomic mass is 16.5. The number of nitrogens with zero attached hydrogens (tertiary/aromatic N) is 1. The molecule has 0 aromatic rings. The molecular weight excluding hydrogens is 422 g/mol. The highest BCUT2D eigenvalue weighted by Crippen LogP contribution is 2.84. The summed E-state index contributed by atoms with van der Waals surface area (Å²) in [6, 6.07) is 0.466. The van der Waals surface area contributed by atoms with Crippen molar-refractivity contribution < 1.29 is 14.6 Å². The quantitative estimate of drug-likeness (QED) is 0.621. The predicted molar refractivity (Wildman–Crippen MR) is 132 cm³/mol. The van der Waals surface area contributed by atoms with E-state index in [4.69, 9.17) is 4.74 Å². The van der Waals surface area contributed by atoms with Crippen LogP contribution in [0.4, 0.5) is 0 Å². The number of hydrogen-bond donors (Lipinski definition) is 1. The summed E-state index contributed by atoms with van der Waals surface area (Å²) in [7, 11) is 0. The molecule has 1 N–H and O–H groups in total. The van der Waals surface area contributed by atoms with Crippen LogP contribution in [-0.4, -0.2) is 53.2 Å². The molecule has 0 aromatic heterocycles. The first kappa shape index (κ1) is 22.5. The van der Waals surface area contributed by atoms with Gasteiger partial charge in [0.2, 0.25) is 0 Å². The van der Waals surface area contributed by atoms with Crippen LogP contribution in [0.15, 0.2) is 11.6 Å². The third-order valence-corrected chi connectivity index (χ3v) is 13.3. The van der Waals surface area contributed by atoms with E-state index in [-0.39, 0.29) is 23.0 Å². The molecule has 2 aliphatic heterocycles. The Labute approximate surface area is 205 Å². The van der Waals surface area contributed by atoms with E-state index in [0.717, 1.165) is 50.1 Å². The molecule has 0 aromatic carbocycles. The van der Waals surface area contributed by atoms with Crippen LogP contribution >= 0.6 is 0 Å². The summed E-state index contributed by atoms with van der Waals surface area (Å²) < 4.78 is 7.33. The molecule has 0 radical (unpaired) electrons. The number of hydrogen-bond acceptors (Lipinski definition) is 4. The van der Waals surface area contributed by atoms with E-state index in [1.54, 1.807) is 0 Å². The van der Waals surface area contributed by atoms with Crippen molar-refractivity contribution in [3.8, 4) is 0 Å². The van der Waals surface area contributed by atoms with Crippen LogP contribution in [0.25, 0.3) is 0 Å². The summed E-state index contributed by atoms with van der Waals surface area (Å²) in [5.41, 5.74) is 2.56. The molecule has 2 heterocycles. The van der Waals surface area contributed by atoms with Gasteiger partial charge in [-0.1, -0.05) is 33.3 Å². The van der Waals surface area contributed by atoms with Gasteiger partial charge in [-0.2, -0.15) is 0 Å². The maximum absolute atomic E-state index is 12.2. The minimum absolute atomic E-state index is 0.00210. The zero-order valence-corrected chi connectivity index (χ0v) is 21.8. The van der Waals surface area contributed by atoms with Crippen molar-refractivity contribution >= 4 is 5.78 Å². The number of likely N-dealkylation sites (tertiary alicyclic amines) is 1. The standard InChI is InChI=1S/C30H45NO3/c1-18-13-24-26(31(16-18)11-12-32)19(2)30(34-24)10-9-29-17-28(30,4)25(29)15-23-22(29)6-5-20-14-21(33)7-8-27(20,23)3/h14,18-19,22-26,32H,5-13,15-17H2,1-4H3/t18-,19+,22+,23-,24+,25?,26-,27-,28?,29?,30+/m0/s1. The topological polar surface area (TPSA) is 49.8 Å². The Morgan fingerprint density at radius 2 is 1.94 bits per heavy atom. The molecule has 6 aliphatic carbocycles. The number of carbonyl (C=O) groups is 1. The van der Waals surface area contributed by atoms with Crippen LogP contribution in [0.2, 0.25) is 0 Å². The number of aliphatic hydroxyl groups is 1. The fourth-order valence-corrected chi connectivity index (χ4v) is 12.1. The molecule has 4 nitrogen and oxygen atoms in total. The van der Waals surface area contributed by atoms with Crippen LogP contribution in [0.1, 0.15) is 85.5 Å². The predicted octanol–water partition coefficient (Wildman–Crippen LogP) is 4.99. The molecule has 2 bridgehead atoms. The van der Waals surface area contributed by atoms with Gasteiger partial charge in [-0.25, -0.2) is 0 Å². The van der Waals surface area contributed by atoms with E-state index in [1.165, 1.54) is 44.1 Å². The molecule has 4 heteroatoms. The normalized spacial score (nSPS) is 58.0. The van der Waals surface area contributed by atoms with Crippen molar-refractivity contribution in [3.63, 3.8) is 0 Å². The zero-order valence-electron chi connectivity index (χ0n) is 21.8. The van der Waals surface area contributed by atoms with Crippen molar-refractivity contribution in [1.29, 1.82) is 0 Å². The smallest absolute Gasteiger partial charge is 0.155 e. The number of aliphatic hydroxyl groups excluding tert-OH is 1. The molecule has 5 saturated carbocycles. The van der Waals surface area contributed by atoms with Gasteiger partial charge in [-0.15, -0.1) is 0 Å². The average Bonchev–Trinajstić information content (AvgIpc) is 3.22. The van der Waals surface area contributed by atoms with E-state index in [9.17, 15) is 9.90 Å². The molecule has 7 fully saturated rings. The van der Waals surface area contributed by atoms with Gasteiger partial charge in [0.1, 0.15) is 0 Å². The molecule has 188 valence electrons. The Balaban J connectivity index is 1.23. The lowest BCUT2D eigenvalue weighted by Gasteiger charge is -2.73. The van der Waals surface area contributed by atoms with Crippen molar-refractivity contribution in [2.75, 3.05) is 19.7 Å². The Kier molecular flexibility index (Phi) is 4.62. The highest BCUT2D eigenvalue weighted by Gasteiger charge is 2.81. The Morgan fingerprint density at radius 1 is 1.12 bits per heavy atom. The monoisotopic (exact) mass is 467 g/mol. The van der Waals surface area contributed by atoms with E-state index < -0.39 is 0 Å². The fraction of sp³-hybridized carbons (Fsp3) is 0.900. The molecule has 2 saturated heterocycles. The Bertz CT molecular complexity index is 945. The SMILES string of the molecule is C[C@H]1C[C@H]2O[C@]3(CCC45CC3(C)C4C[C@H]3[C@H]5CCC4=CC(=O)CC[C@@]43C)[C@H](C)[C@@H]2N(CCO)C1. The summed E-state index contributed by atoms with van der Waals surface area (Å²) in [6.07, 6.45) is 13.2. The van der Waals surface area contributed by atoms with E-state index >= 15 is 0 Å². The van der Waals surface area contributed by atoms with Gasteiger partial charge in [-0.3, -0.25) is 9.69 Å².